The van der Waals surface area contributed by atoms with Gasteiger partial charge < -0.3 is 10.6 Å². The summed E-state index contributed by atoms with van der Waals surface area (Å²) in [5.41, 5.74) is 7.28. The van der Waals surface area contributed by atoms with Gasteiger partial charge in [-0.05, 0) is 25.0 Å². The molecule has 0 aromatic heterocycles. The average Bonchev–Trinajstić information content (AvgIpc) is 2.91. The van der Waals surface area contributed by atoms with Gasteiger partial charge in [0.05, 0.1) is 11.4 Å². The lowest BCUT2D eigenvalue weighted by molar-refractivity contribution is 0.521. The Morgan fingerprint density at radius 3 is 2.30 bits per heavy atom. The van der Waals surface area contributed by atoms with Crippen molar-refractivity contribution in [2.75, 3.05) is 31.8 Å². The number of sulfonamides is 1. The van der Waals surface area contributed by atoms with Gasteiger partial charge >= 0.3 is 0 Å². The molecule has 2 N–H and O–H groups in total. The van der Waals surface area contributed by atoms with Crippen molar-refractivity contribution in [3.8, 4) is 0 Å². The minimum Gasteiger partial charge on any atom is -0.396 e. The number of hydrogen-bond donors (Lipinski definition) is 1. The fourth-order valence-corrected chi connectivity index (χ4v) is 3.78. The maximum absolute atomic E-state index is 12.3. The van der Waals surface area contributed by atoms with Crippen molar-refractivity contribution in [3.63, 3.8) is 0 Å². The Bertz CT molecular complexity index is 578. The molecule has 5 nitrogen and oxygen atoms in total. The van der Waals surface area contributed by atoms with Crippen molar-refractivity contribution in [3.05, 3.63) is 18.2 Å². The molecule has 0 unspecified atom stereocenters. The summed E-state index contributed by atoms with van der Waals surface area (Å²) in [6, 6.07) is 5.67. The number of para-hydroxylation sites is 1. The summed E-state index contributed by atoms with van der Waals surface area (Å²) in [5.74, 6) is 0. The van der Waals surface area contributed by atoms with Gasteiger partial charge in [0.15, 0.2) is 0 Å². The Labute approximate surface area is 121 Å². The Morgan fingerprint density at radius 1 is 1.15 bits per heavy atom. The summed E-state index contributed by atoms with van der Waals surface area (Å²) in [6.45, 7) is 0. The lowest BCUT2D eigenvalue weighted by atomic mass is 10.1. The van der Waals surface area contributed by atoms with Crippen molar-refractivity contribution in [2.45, 2.75) is 36.6 Å². The van der Waals surface area contributed by atoms with Gasteiger partial charge in [0, 0.05) is 27.2 Å². The Hall–Kier alpha value is -1.27. The average molecular weight is 297 g/mol. The number of rotatable bonds is 4. The van der Waals surface area contributed by atoms with E-state index >= 15 is 0 Å². The molecule has 0 amide bonds. The number of nitrogens with zero attached hydrogens (tertiary/aromatic N) is 2. The molecule has 2 rings (SSSR count). The van der Waals surface area contributed by atoms with Crippen LogP contribution in [0, 0.1) is 0 Å². The van der Waals surface area contributed by atoms with Crippen LogP contribution in [0.4, 0.5) is 11.4 Å². The first-order valence-corrected chi connectivity index (χ1v) is 8.33. The van der Waals surface area contributed by atoms with Gasteiger partial charge in [0.25, 0.3) is 0 Å². The third-order valence-electron chi connectivity index (χ3n) is 4.05. The van der Waals surface area contributed by atoms with Crippen LogP contribution in [0.15, 0.2) is 23.1 Å². The molecule has 0 bridgehead atoms. The molecule has 1 fully saturated rings. The van der Waals surface area contributed by atoms with Gasteiger partial charge in [0.1, 0.15) is 4.90 Å². The fourth-order valence-electron chi connectivity index (χ4n) is 2.75. The predicted octanol–water partition coefficient (Wildman–Crippen LogP) is 1.90. The second kappa shape index (κ2) is 5.61. The molecular formula is C14H23N3O2S. The number of anilines is 2. The van der Waals surface area contributed by atoms with E-state index in [9.17, 15) is 8.42 Å². The number of nitrogens with two attached hydrogens (primary N) is 1. The number of hydrogen-bond acceptors (Lipinski definition) is 4. The predicted molar refractivity (Wildman–Crippen MR) is 82.4 cm³/mol. The Morgan fingerprint density at radius 2 is 1.75 bits per heavy atom. The third-order valence-corrected chi connectivity index (χ3v) is 5.93. The summed E-state index contributed by atoms with van der Waals surface area (Å²) < 4.78 is 25.7. The molecule has 6 heteroatoms. The van der Waals surface area contributed by atoms with E-state index < -0.39 is 10.0 Å². The fraction of sp³-hybridized carbons (Fsp3) is 0.571. The zero-order valence-corrected chi connectivity index (χ0v) is 13.2. The lowest BCUT2D eigenvalue weighted by Crippen LogP contribution is -2.30. The van der Waals surface area contributed by atoms with Crippen LogP contribution in [0.3, 0.4) is 0 Å². The standard InChI is InChI=1S/C14H23N3O2S/c1-16(2)20(18,19)13-10-6-9-12(14(13)15)17(3)11-7-4-5-8-11/h6,9-11H,4-5,7-8,15H2,1-3H3. The minimum absolute atomic E-state index is 0.185. The van der Waals surface area contributed by atoms with E-state index in [2.05, 4.69) is 4.90 Å². The highest BCUT2D eigenvalue weighted by Gasteiger charge is 2.26. The molecule has 1 aromatic rings. The molecule has 0 aliphatic heterocycles. The molecule has 0 heterocycles. The van der Waals surface area contributed by atoms with E-state index in [0.717, 1.165) is 18.5 Å². The van der Waals surface area contributed by atoms with Crippen LogP contribution >= 0.6 is 0 Å². The van der Waals surface area contributed by atoms with Crippen molar-refractivity contribution < 1.29 is 8.42 Å². The molecule has 0 atom stereocenters. The first-order valence-electron chi connectivity index (χ1n) is 6.89. The van der Waals surface area contributed by atoms with Crippen LogP contribution in [0.5, 0.6) is 0 Å². The summed E-state index contributed by atoms with van der Waals surface area (Å²) in [4.78, 5) is 2.31. The molecule has 0 radical (unpaired) electrons. The highest BCUT2D eigenvalue weighted by molar-refractivity contribution is 7.89. The van der Waals surface area contributed by atoms with Gasteiger partial charge in [-0.15, -0.1) is 0 Å². The quantitative estimate of drug-likeness (QED) is 0.862. The molecule has 0 spiro atoms. The van der Waals surface area contributed by atoms with Gasteiger partial charge in [0.2, 0.25) is 10.0 Å². The monoisotopic (exact) mass is 297 g/mol. The minimum atomic E-state index is -3.51. The molecule has 20 heavy (non-hydrogen) atoms. The summed E-state index contributed by atoms with van der Waals surface area (Å²) in [7, 11) is 1.52. The molecule has 1 aliphatic rings. The van der Waals surface area contributed by atoms with Crippen LogP contribution in [0.25, 0.3) is 0 Å². The van der Waals surface area contributed by atoms with E-state index in [1.165, 1.54) is 31.2 Å². The Balaban J connectivity index is 2.42. The first-order chi connectivity index (χ1) is 9.35. The molecule has 1 aromatic carbocycles. The zero-order valence-electron chi connectivity index (χ0n) is 12.3. The SMILES string of the molecule is CN(c1cccc(S(=O)(=O)N(C)C)c1N)C1CCCC1. The molecule has 112 valence electrons. The summed E-state index contributed by atoms with van der Waals surface area (Å²) >= 11 is 0. The highest BCUT2D eigenvalue weighted by atomic mass is 32.2. The lowest BCUT2D eigenvalue weighted by Gasteiger charge is -2.28. The smallest absolute Gasteiger partial charge is 0.244 e. The van der Waals surface area contributed by atoms with Gasteiger partial charge in [-0.1, -0.05) is 18.9 Å². The van der Waals surface area contributed by atoms with E-state index in [-0.39, 0.29) is 4.90 Å². The van der Waals surface area contributed by atoms with Crippen LogP contribution in [-0.4, -0.2) is 39.9 Å². The van der Waals surface area contributed by atoms with E-state index in [1.54, 1.807) is 12.1 Å². The van der Waals surface area contributed by atoms with Crippen LogP contribution in [0.1, 0.15) is 25.7 Å². The van der Waals surface area contributed by atoms with E-state index in [0.29, 0.717) is 11.7 Å². The van der Waals surface area contributed by atoms with E-state index in [1.807, 2.05) is 13.1 Å². The highest BCUT2D eigenvalue weighted by Crippen LogP contribution is 2.34. The second-order valence-corrected chi connectivity index (χ2v) is 7.65. The van der Waals surface area contributed by atoms with Crippen molar-refractivity contribution in [2.24, 2.45) is 0 Å². The maximum Gasteiger partial charge on any atom is 0.244 e. The van der Waals surface area contributed by atoms with Crippen molar-refractivity contribution >= 4 is 21.4 Å². The van der Waals surface area contributed by atoms with Crippen LogP contribution < -0.4 is 10.6 Å². The van der Waals surface area contributed by atoms with Gasteiger partial charge in [-0.3, -0.25) is 0 Å². The summed E-state index contributed by atoms with van der Waals surface area (Å²) in [6.07, 6.45) is 4.73. The second-order valence-electron chi connectivity index (χ2n) is 5.53. The largest absolute Gasteiger partial charge is 0.396 e. The van der Waals surface area contributed by atoms with Crippen LogP contribution in [0.2, 0.25) is 0 Å². The van der Waals surface area contributed by atoms with Crippen molar-refractivity contribution in [1.82, 2.24) is 4.31 Å². The summed E-state index contributed by atoms with van der Waals surface area (Å²) in [5, 5.41) is 0. The molecular weight excluding hydrogens is 274 g/mol. The number of nitrogen functional groups attached to an aromatic ring is 1. The molecule has 0 saturated heterocycles. The van der Waals surface area contributed by atoms with Gasteiger partial charge in [-0.2, -0.15) is 0 Å². The van der Waals surface area contributed by atoms with Crippen molar-refractivity contribution in [1.29, 1.82) is 0 Å². The first kappa shape index (κ1) is 15.1. The molecule has 1 aliphatic carbocycles. The normalized spacial score (nSPS) is 16.8. The van der Waals surface area contributed by atoms with Gasteiger partial charge in [-0.25, -0.2) is 12.7 Å². The van der Waals surface area contributed by atoms with E-state index in [4.69, 9.17) is 5.73 Å². The van der Waals surface area contributed by atoms with Crippen LogP contribution in [-0.2, 0) is 10.0 Å². The third kappa shape index (κ3) is 2.62. The maximum atomic E-state index is 12.3. The Kier molecular flexibility index (Phi) is 4.25. The zero-order chi connectivity index (χ0) is 14.9. The molecule has 1 saturated carbocycles. The topological polar surface area (TPSA) is 66.6 Å². The number of benzene rings is 1.